The standard InChI is InChI=1S/C13H23N5O2/c1-9(2)18-6-5-17(4)12(8-18)13(19)14-7-11-10(3)15-20-16-11/h9,12H,5-8H2,1-4H3,(H,14,19). The van der Waals surface area contributed by atoms with Crippen molar-refractivity contribution in [1.29, 1.82) is 0 Å². The van der Waals surface area contributed by atoms with E-state index in [0.717, 1.165) is 19.6 Å². The molecule has 1 fully saturated rings. The Hall–Kier alpha value is -1.47. The first kappa shape index (κ1) is 14.9. The fourth-order valence-corrected chi connectivity index (χ4v) is 2.35. The van der Waals surface area contributed by atoms with E-state index < -0.39 is 0 Å². The summed E-state index contributed by atoms with van der Waals surface area (Å²) in [6.45, 7) is 9.15. The number of piperazine rings is 1. The van der Waals surface area contributed by atoms with Gasteiger partial charge in [-0.05, 0) is 27.8 Å². The van der Waals surface area contributed by atoms with Gasteiger partial charge in [-0.3, -0.25) is 14.6 Å². The van der Waals surface area contributed by atoms with Gasteiger partial charge in [0.25, 0.3) is 0 Å². The number of nitrogens with zero attached hydrogens (tertiary/aromatic N) is 4. The summed E-state index contributed by atoms with van der Waals surface area (Å²) in [5.74, 6) is 0.0280. The lowest BCUT2D eigenvalue weighted by Gasteiger charge is -2.40. The maximum atomic E-state index is 12.3. The molecule has 1 unspecified atom stereocenters. The second-order valence-electron chi connectivity index (χ2n) is 5.60. The number of aromatic nitrogens is 2. The molecule has 2 heterocycles. The van der Waals surface area contributed by atoms with Crippen LogP contribution in [0.1, 0.15) is 25.2 Å². The van der Waals surface area contributed by atoms with Crippen LogP contribution in [0.3, 0.4) is 0 Å². The number of amides is 1. The molecule has 0 aliphatic carbocycles. The zero-order valence-electron chi connectivity index (χ0n) is 12.6. The molecule has 0 radical (unpaired) electrons. The molecular formula is C13H23N5O2. The SMILES string of the molecule is Cc1nonc1CNC(=O)C1CN(C(C)C)CCN1C. The van der Waals surface area contributed by atoms with Gasteiger partial charge < -0.3 is 5.32 Å². The van der Waals surface area contributed by atoms with Crippen molar-refractivity contribution in [3.8, 4) is 0 Å². The van der Waals surface area contributed by atoms with E-state index in [-0.39, 0.29) is 11.9 Å². The van der Waals surface area contributed by atoms with Crippen molar-refractivity contribution in [1.82, 2.24) is 25.4 Å². The minimum absolute atomic E-state index is 0.0280. The number of nitrogens with one attached hydrogen (secondary N) is 1. The van der Waals surface area contributed by atoms with Crippen LogP contribution in [0.25, 0.3) is 0 Å². The highest BCUT2D eigenvalue weighted by Crippen LogP contribution is 2.11. The topological polar surface area (TPSA) is 74.5 Å². The van der Waals surface area contributed by atoms with Crippen LogP contribution in [0.15, 0.2) is 4.63 Å². The van der Waals surface area contributed by atoms with Crippen LogP contribution in [0.5, 0.6) is 0 Å². The first-order valence-electron chi connectivity index (χ1n) is 6.99. The van der Waals surface area contributed by atoms with Crippen LogP contribution in [-0.2, 0) is 11.3 Å². The summed E-state index contributed by atoms with van der Waals surface area (Å²) < 4.78 is 4.62. The van der Waals surface area contributed by atoms with Crippen LogP contribution >= 0.6 is 0 Å². The molecule has 0 aromatic carbocycles. The van der Waals surface area contributed by atoms with E-state index in [9.17, 15) is 4.79 Å². The molecule has 1 N–H and O–H groups in total. The molecule has 1 amide bonds. The van der Waals surface area contributed by atoms with Gasteiger partial charge in [-0.15, -0.1) is 0 Å². The highest BCUT2D eigenvalue weighted by Gasteiger charge is 2.30. The van der Waals surface area contributed by atoms with Crippen LogP contribution in [-0.4, -0.2) is 64.8 Å². The predicted molar refractivity (Wildman–Crippen MR) is 74.0 cm³/mol. The van der Waals surface area contributed by atoms with E-state index in [1.54, 1.807) is 0 Å². The molecular weight excluding hydrogens is 258 g/mol. The molecule has 7 nitrogen and oxygen atoms in total. The molecule has 1 atom stereocenters. The monoisotopic (exact) mass is 281 g/mol. The molecule has 1 saturated heterocycles. The molecule has 1 aromatic heterocycles. The molecule has 1 aliphatic heterocycles. The molecule has 112 valence electrons. The third-order valence-corrected chi connectivity index (χ3v) is 3.89. The Balaban J connectivity index is 1.91. The molecule has 0 saturated carbocycles. The van der Waals surface area contributed by atoms with Gasteiger partial charge in [0, 0.05) is 25.7 Å². The molecule has 1 aromatic rings. The maximum absolute atomic E-state index is 12.3. The number of carbonyl (C=O) groups excluding carboxylic acids is 1. The summed E-state index contributed by atoms with van der Waals surface area (Å²) in [6, 6.07) is 0.340. The molecule has 0 spiro atoms. The molecule has 0 bridgehead atoms. The second kappa shape index (κ2) is 6.32. The van der Waals surface area contributed by atoms with Crippen molar-refractivity contribution in [2.45, 2.75) is 39.4 Å². The van der Waals surface area contributed by atoms with Crippen LogP contribution in [0.4, 0.5) is 0 Å². The highest BCUT2D eigenvalue weighted by atomic mass is 16.6. The molecule has 2 rings (SSSR count). The third kappa shape index (κ3) is 3.34. The summed E-state index contributed by atoms with van der Waals surface area (Å²) >= 11 is 0. The van der Waals surface area contributed by atoms with Crippen molar-refractivity contribution in [3.05, 3.63) is 11.4 Å². The van der Waals surface area contributed by atoms with Crippen molar-refractivity contribution in [3.63, 3.8) is 0 Å². The normalized spacial score (nSPS) is 21.4. The molecule has 7 heteroatoms. The largest absolute Gasteiger partial charge is 0.349 e. The lowest BCUT2D eigenvalue weighted by Crippen LogP contribution is -2.58. The number of hydrogen-bond donors (Lipinski definition) is 1. The van der Waals surface area contributed by atoms with Gasteiger partial charge in [-0.2, -0.15) is 0 Å². The Bertz CT molecular complexity index is 459. The van der Waals surface area contributed by atoms with E-state index >= 15 is 0 Å². The fourth-order valence-electron chi connectivity index (χ4n) is 2.35. The van der Waals surface area contributed by atoms with Gasteiger partial charge in [0.2, 0.25) is 5.91 Å². The van der Waals surface area contributed by atoms with Gasteiger partial charge in [0.05, 0.1) is 6.54 Å². The lowest BCUT2D eigenvalue weighted by molar-refractivity contribution is -0.128. The summed E-state index contributed by atoms with van der Waals surface area (Å²) in [7, 11) is 1.99. The molecule has 20 heavy (non-hydrogen) atoms. The summed E-state index contributed by atoms with van der Waals surface area (Å²) in [4.78, 5) is 16.8. The Kier molecular flexibility index (Phi) is 4.72. The number of aryl methyl sites for hydroxylation is 1. The second-order valence-corrected chi connectivity index (χ2v) is 5.60. The van der Waals surface area contributed by atoms with Crippen molar-refractivity contribution in [2.75, 3.05) is 26.7 Å². The number of rotatable bonds is 4. The lowest BCUT2D eigenvalue weighted by atomic mass is 10.1. The van der Waals surface area contributed by atoms with Crippen LogP contribution in [0, 0.1) is 6.92 Å². The predicted octanol–water partition coefficient (Wildman–Crippen LogP) is 0.0186. The maximum Gasteiger partial charge on any atom is 0.239 e. The number of hydrogen-bond acceptors (Lipinski definition) is 6. The van der Waals surface area contributed by atoms with E-state index in [1.165, 1.54) is 0 Å². The Morgan fingerprint density at radius 3 is 2.80 bits per heavy atom. The van der Waals surface area contributed by atoms with Gasteiger partial charge in [0.15, 0.2) is 0 Å². The highest BCUT2D eigenvalue weighted by molar-refractivity contribution is 5.82. The summed E-state index contributed by atoms with van der Waals surface area (Å²) in [6.07, 6.45) is 0. The van der Waals surface area contributed by atoms with Crippen molar-refractivity contribution >= 4 is 5.91 Å². The summed E-state index contributed by atoms with van der Waals surface area (Å²) in [5, 5.41) is 10.4. The van der Waals surface area contributed by atoms with Crippen molar-refractivity contribution < 1.29 is 9.42 Å². The van der Waals surface area contributed by atoms with Crippen LogP contribution in [0.2, 0.25) is 0 Å². The van der Waals surface area contributed by atoms with Crippen molar-refractivity contribution in [2.24, 2.45) is 0 Å². The van der Waals surface area contributed by atoms with Gasteiger partial charge in [-0.1, -0.05) is 10.3 Å². The fraction of sp³-hybridized carbons (Fsp3) is 0.769. The smallest absolute Gasteiger partial charge is 0.239 e. The summed E-state index contributed by atoms with van der Waals surface area (Å²) in [5.41, 5.74) is 1.39. The van der Waals surface area contributed by atoms with E-state index in [0.29, 0.717) is 24.0 Å². The minimum atomic E-state index is -0.119. The van der Waals surface area contributed by atoms with Gasteiger partial charge in [-0.25, -0.2) is 4.63 Å². The zero-order valence-corrected chi connectivity index (χ0v) is 12.6. The Morgan fingerprint density at radius 2 is 2.20 bits per heavy atom. The third-order valence-electron chi connectivity index (χ3n) is 3.89. The first-order chi connectivity index (χ1) is 9.49. The van der Waals surface area contributed by atoms with Gasteiger partial charge >= 0.3 is 0 Å². The average Bonchev–Trinajstić information content (AvgIpc) is 2.81. The van der Waals surface area contributed by atoms with E-state index in [4.69, 9.17) is 0 Å². The Labute approximate surface area is 119 Å². The van der Waals surface area contributed by atoms with Gasteiger partial charge in [0.1, 0.15) is 17.4 Å². The number of likely N-dealkylation sites (N-methyl/N-ethyl adjacent to an activating group) is 1. The average molecular weight is 281 g/mol. The minimum Gasteiger partial charge on any atom is -0.349 e. The van der Waals surface area contributed by atoms with E-state index in [2.05, 4.69) is 43.9 Å². The number of carbonyl (C=O) groups is 1. The Morgan fingerprint density at radius 1 is 1.45 bits per heavy atom. The molecule has 1 aliphatic rings. The zero-order chi connectivity index (χ0) is 14.7. The van der Waals surface area contributed by atoms with E-state index in [1.807, 2.05) is 14.0 Å². The quantitative estimate of drug-likeness (QED) is 0.838. The first-order valence-corrected chi connectivity index (χ1v) is 6.99. The van der Waals surface area contributed by atoms with Crippen LogP contribution < -0.4 is 5.32 Å².